The highest BCUT2D eigenvalue weighted by atomic mass is 32.2. The molecule has 2 aromatic carbocycles. The molecule has 39 heavy (non-hydrogen) atoms. The highest BCUT2D eigenvalue weighted by Gasteiger charge is 2.35. The quantitative estimate of drug-likeness (QED) is 0.220. The van der Waals surface area contributed by atoms with Crippen LogP contribution in [0.5, 0.6) is 0 Å². The number of unbranched alkanes of at least 4 members (excludes halogenated alkanes) is 2. The molecule has 0 radical (unpaired) electrons. The summed E-state index contributed by atoms with van der Waals surface area (Å²) in [6.07, 6.45) is 8.85. The van der Waals surface area contributed by atoms with Crippen LogP contribution in [0.1, 0.15) is 37.3 Å². The van der Waals surface area contributed by atoms with E-state index in [1.165, 1.54) is 46.5 Å². The van der Waals surface area contributed by atoms with E-state index in [2.05, 4.69) is 49.6 Å². The summed E-state index contributed by atoms with van der Waals surface area (Å²) in [5.74, 6) is -1.25. The molecule has 0 saturated carbocycles. The van der Waals surface area contributed by atoms with Crippen molar-refractivity contribution in [2.45, 2.75) is 61.5 Å². The van der Waals surface area contributed by atoms with E-state index in [4.69, 9.17) is 4.42 Å². The molecule has 202 valence electrons. The maximum Gasteiger partial charge on any atom is 0.283 e. The Morgan fingerprint density at radius 2 is 1.82 bits per heavy atom. The molecular weight excluding hydrogens is 526 g/mol. The summed E-state index contributed by atoms with van der Waals surface area (Å²) in [7, 11) is 0. The van der Waals surface area contributed by atoms with Crippen molar-refractivity contribution in [1.82, 2.24) is 40.0 Å². The lowest BCUT2D eigenvalue weighted by atomic mass is 9.93. The van der Waals surface area contributed by atoms with Gasteiger partial charge in [-0.25, -0.2) is 23.1 Å². The molecule has 0 aliphatic carbocycles. The van der Waals surface area contributed by atoms with Crippen molar-refractivity contribution < 1.29 is 18.3 Å². The number of hydrogen-bond acceptors (Lipinski definition) is 9. The van der Waals surface area contributed by atoms with Gasteiger partial charge in [-0.1, -0.05) is 43.2 Å². The Morgan fingerprint density at radius 3 is 2.56 bits per heavy atom. The maximum atomic E-state index is 14.7. The summed E-state index contributed by atoms with van der Waals surface area (Å²) < 4.78 is 36.7. The summed E-state index contributed by atoms with van der Waals surface area (Å²) in [6.45, 7) is 1.84. The van der Waals surface area contributed by atoms with Crippen LogP contribution < -0.4 is 0 Å². The Morgan fingerprint density at radius 1 is 1.00 bits per heavy atom. The number of halogens is 2. The molecule has 0 amide bonds. The van der Waals surface area contributed by atoms with Gasteiger partial charge in [0.25, 0.3) is 5.22 Å². The second-order valence-corrected chi connectivity index (χ2v) is 10.1. The molecule has 0 fully saturated rings. The van der Waals surface area contributed by atoms with Gasteiger partial charge >= 0.3 is 0 Å². The van der Waals surface area contributed by atoms with Gasteiger partial charge in [-0.05, 0) is 48.4 Å². The fraction of sp³-hybridized carbons (Fsp3) is 0.308. The van der Waals surface area contributed by atoms with Crippen LogP contribution >= 0.6 is 11.8 Å². The number of aliphatic hydroxyl groups is 1. The highest BCUT2D eigenvalue weighted by Crippen LogP contribution is 2.31. The van der Waals surface area contributed by atoms with Gasteiger partial charge in [0, 0.05) is 17.2 Å². The number of aryl methyl sites for hydroxylation is 1. The van der Waals surface area contributed by atoms with Crippen LogP contribution in [0.25, 0.3) is 11.5 Å². The van der Waals surface area contributed by atoms with Crippen molar-refractivity contribution >= 4 is 11.8 Å². The third-order valence-corrected chi connectivity index (χ3v) is 6.87. The van der Waals surface area contributed by atoms with Crippen LogP contribution in [-0.2, 0) is 25.1 Å². The summed E-state index contributed by atoms with van der Waals surface area (Å²) >= 11 is 1.11. The largest absolute Gasteiger partial charge is 0.411 e. The lowest BCUT2D eigenvalue weighted by Crippen LogP contribution is -2.37. The predicted octanol–water partition coefficient (Wildman–Crippen LogP) is 4.67. The molecule has 0 aliphatic rings. The summed E-state index contributed by atoms with van der Waals surface area (Å²) in [5, 5.41) is 32.6. The van der Waals surface area contributed by atoms with Gasteiger partial charge in [-0.3, -0.25) is 0 Å². The number of aromatic nitrogens is 8. The van der Waals surface area contributed by atoms with Crippen LogP contribution in [0.2, 0.25) is 0 Å². The average Bonchev–Trinajstić information content (AvgIpc) is 3.68. The molecular formula is C26H26F2N8O2S. The first-order valence-electron chi connectivity index (χ1n) is 12.4. The Balaban J connectivity index is 1.28. The zero-order valence-electron chi connectivity index (χ0n) is 21.1. The molecule has 3 aromatic heterocycles. The molecule has 0 spiro atoms. The third-order valence-electron chi connectivity index (χ3n) is 6.13. The summed E-state index contributed by atoms with van der Waals surface area (Å²) in [6, 6.07) is 11.1. The van der Waals surface area contributed by atoms with Crippen molar-refractivity contribution in [3.8, 4) is 11.5 Å². The van der Waals surface area contributed by atoms with Crippen molar-refractivity contribution in [3.05, 3.63) is 84.1 Å². The van der Waals surface area contributed by atoms with Crippen molar-refractivity contribution in [2.75, 3.05) is 0 Å². The Bertz CT molecular complexity index is 1510. The van der Waals surface area contributed by atoms with Crippen LogP contribution in [-0.4, -0.2) is 45.1 Å². The fourth-order valence-corrected chi connectivity index (χ4v) is 4.83. The van der Waals surface area contributed by atoms with Crippen LogP contribution in [0.15, 0.2) is 76.0 Å². The molecule has 1 unspecified atom stereocenters. The maximum absolute atomic E-state index is 14.7. The van der Waals surface area contributed by atoms with Gasteiger partial charge in [-0.2, -0.15) is 5.10 Å². The van der Waals surface area contributed by atoms with E-state index in [1.807, 2.05) is 12.1 Å². The van der Waals surface area contributed by atoms with Gasteiger partial charge in [0.1, 0.15) is 34.9 Å². The predicted molar refractivity (Wildman–Crippen MR) is 137 cm³/mol. The molecule has 5 aromatic rings. The monoisotopic (exact) mass is 552 g/mol. The molecule has 0 aliphatic heterocycles. The zero-order chi connectivity index (χ0) is 27.2. The van der Waals surface area contributed by atoms with E-state index in [9.17, 15) is 13.9 Å². The van der Waals surface area contributed by atoms with E-state index >= 15 is 0 Å². The van der Waals surface area contributed by atoms with Crippen molar-refractivity contribution in [1.29, 1.82) is 0 Å². The lowest BCUT2D eigenvalue weighted by Gasteiger charge is -2.28. The normalized spacial score (nSPS) is 13.0. The molecule has 13 heteroatoms. The average molecular weight is 553 g/mol. The van der Waals surface area contributed by atoms with Crippen molar-refractivity contribution in [3.63, 3.8) is 0 Å². The van der Waals surface area contributed by atoms with E-state index in [1.54, 1.807) is 6.20 Å². The second-order valence-electron chi connectivity index (χ2n) is 9.13. The van der Waals surface area contributed by atoms with E-state index in [-0.39, 0.29) is 23.9 Å². The fourth-order valence-electron chi connectivity index (χ4n) is 4.19. The minimum absolute atomic E-state index is 0.109. The number of nitrogens with zero attached hydrogens (tertiary/aromatic N) is 8. The molecule has 5 rings (SSSR count). The summed E-state index contributed by atoms with van der Waals surface area (Å²) in [4.78, 5) is 3.86. The van der Waals surface area contributed by atoms with Gasteiger partial charge in [-0.15, -0.1) is 15.3 Å². The van der Waals surface area contributed by atoms with Gasteiger partial charge in [0.2, 0.25) is 5.89 Å². The third kappa shape index (κ3) is 6.55. The molecule has 1 N–H and O–H groups in total. The van der Waals surface area contributed by atoms with Gasteiger partial charge in [0.05, 0.1) is 19.3 Å². The van der Waals surface area contributed by atoms with Gasteiger partial charge < -0.3 is 9.52 Å². The molecule has 3 heterocycles. The van der Waals surface area contributed by atoms with Gasteiger partial charge in [0.15, 0.2) is 0 Å². The van der Waals surface area contributed by atoms with Crippen LogP contribution in [0, 0.1) is 11.6 Å². The Hall–Kier alpha value is -3.97. The Kier molecular flexibility index (Phi) is 8.07. The molecule has 0 bridgehead atoms. The first kappa shape index (κ1) is 26.6. The lowest BCUT2D eigenvalue weighted by molar-refractivity contribution is -0.00893. The van der Waals surface area contributed by atoms with Crippen LogP contribution in [0.3, 0.4) is 0 Å². The number of benzene rings is 2. The topological polar surface area (TPSA) is 121 Å². The first-order valence-corrected chi connectivity index (χ1v) is 13.2. The smallest absolute Gasteiger partial charge is 0.283 e. The molecule has 10 nitrogen and oxygen atoms in total. The molecule has 0 saturated heterocycles. The number of rotatable bonds is 12. The van der Waals surface area contributed by atoms with E-state index in [0.717, 1.165) is 42.3 Å². The SMILES string of the molecule is CCCCCc1ccc(-c2nnc(Sc3cn(CC(O)(Cn4cncn4)c4ccc(F)cc4F)nn3)o2)cc1. The molecule has 1 atom stereocenters. The minimum atomic E-state index is -1.83. The zero-order valence-corrected chi connectivity index (χ0v) is 21.9. The highest BCUT2D eigenvalue weighted by molar-refractivity contribution is 7.99. The van der Waals surface area contributed by atoms with Crippen LogP contribution in [0.4, 0.5) is 8.78 Å². The first-order chi connectivity index (χ1) is 18.9. The van der Waals surface area contributed by atoms with E-state index in [0.29, 0.717) is 10.9 Å². The minimum Gasteiger partial charge on any atom is -0.411 e. The van der Waals surface area contributed by atoms with E-state index < -0.39 is 17.2 Å². The standard InChI is InChI=1S/C26H26F2N8O2S/c1-2-3-4-5-18-6-8-19(9-7-18)24-32-33-25(38-24)39-23-13-35(34-31-23)14-26(37,15-36-17-29-16-30-36)21-11-10-20(27)12-22(21)28/h6-13,16-17,37H,2-5,14-15H2,1H3. The van der Waals surface area contributed by atoms with Crippen molar-refractivity contribution in [2.24, 2.45) is 0 Å². The summed E-state index contributed by atoms with van der Waals surface area (Å²) in [5.41, 5.74) is 0.141. The number of hydrogen-bond donors (Lipinski definition) is 1. The second kappa shape index (κ2) is 11.8. The Labute approximate surface area is 227 Å².